The maximum absolute atomic E-state index is 12.1. The second kappa shape index (κ2) is 8.11. The van der Waals surface area contributed by atoms with Gasteiger partial charge in [0.15, 0.2) is 6.61 Å². The summed E-state index contributed by atoms with van der Waals surface area (Å²) in [6, 6.07) is 16.8. The Kier molecular flexibility index (Phi) is 5.43. The van der Waals surface area contributed by atoms with Gasteiger partial charge in [0, 0.05) is 23.1 Å². The van der Waals surface area contributed by atoms with Crippen LogP contribution in [0.4, 0.5) is 17.2 Å². The molecule has 0 aliphatic carbocycles. The van der Waals surface area contributed by atoms with Crippen molar-refractivity contribution in [3.05, 3.63) is 72.2 Å². The molecule has 0 atom stereocenters. The Balaban J connectivity index is 1.57. The molecule has 0 radical (unpaired) electrons. The van der Waals surface area contributed by atoms with Gasteiger partial charge in [-0.05, 0) is 44.2 Å². The molecule has 1 heterocycles. The molecule has 6 heteroatoms. The van der Waals surface area contributed by atoms with Gasteiger partial charge in [-0.3, -0.25) is 4.79 Å². The van der Waals surface area contributed by atoms with Crippen molar-refractivity contribution >= 4 is 23.1 Å². The third-order valence-electron chi connectivity index (χ3n) is 3.61. The minimum atomic E-state index is -0.222. The zero-order chi connectivity index (χ0) is 18.4. The summed E-state index contributed by atoms with van der Waals surface area (Å²) in [7, 11) is 0. The topological polar surface area (TPSA) is 76.1 Å². The maximum atomic E-state index is 12.1. The van der Waals surface area contributed by atoms with Gasteiger partial charge in [0.25, 0.3) is 5.91 Å². The van der Waals surface area contributed by atoms with Crippen molar-refractivity contribution in [1.82, 2.24) is 9.97 Å². The van der Waals surface area contributed by atoms with Crippen LogP contribution in [0.3, 0.4) is 0 Å². The Morgan fingerprint density at radius 2 is 1.77 bits per heavy atom. The predicted octanol–water partition coefficient (Wildman–Crippen LogP) is 3.85. The highest BCUT2D eigenvalue weighted by molar-refractivity contribution is 5.92. The molecule has 6 nitrogen and oxygen atoms in total. The van der Waals surface area contributed by atoms with E-state index in [1.165, 1.54) is 6.33 Å². The lowest BCUT2D eigenvalue weighted by Crippen LogP contribution is -2.20. The van der Waals surface area contributed by atoms with E-state index in [0.29, 0.717) is 17.3 Å². The quantitative estimate of drug-likeness (QED) is 0.707. The Labute approximate surface area is 152 Å². The molecule has 2 N–H and O–H groups in total. The minimum Gasteiger partial charge on any atom is -0.484 e. The number of aryl methyl sites for hydroxylation is 2. The van der Waals surface area contributed by atoms with Crippen molar-refractivity contribution < 1.29 is 9.53 Å². The molecule has 0 unspecified atom stereocenters. The van der Waals surface area contributed by atoms with Gasteiger partial charge in [-0.25, -0.2) is 9.97 Å². The number of nitrogens with zero attached hydrogens (tertiary/aromatic N) is 2. The lowest BCUT2D eigenvalue weighted by Gasteiger charge is -2.10. The fourth-order valence-corrected chi connectivity index (χ4v) is 2.33. The first-order valence-corrected chi connectivity index (χ1v) is 8.23. The van der Waals surface area contributed by atoms with E-state index in [0.717, 1.165) is 16.9 Å². The Morgan fingerprint density at radius 3 is 2.54 bits per heavy atom. The van der Waals surface area contributed by atoms with Crippen LogP contribution in [0.1, 0.15) is 11.3 Å². The van der Waals surface area contributed by atoms with Crippen molar-refractivity contribution in [2.45, 2.75) is 13.8 Å². The number of ether oxygens (including phenoxy) is 1. The summed E-state index contributed by atoms with van der Waals surface area (Å²) in [6.45, 7) is 3.85. The molecule has 0 bridgehead atoms. The van der Waals surface area contributed by atoms with Crippen LogP contribution < -0.4 is 15.4 Å². The molecule has 0 aliphatic heterocycles. The molecule has 0 saturated carbocycles. The van der Waals surface area contributed by atoms with Crippen molar-refractivity contribution in [2.75, 3.05) is 17.2 Å². The number of anilines is 3. The van der Waals surface area contributed by atoms with Crippen LogP contribution in [0.15, 0.2) is 60.9 Å². The molecule has 0 aliphatic rings. The Morgan fingerprint density at radius 1 is 1.00 bits per heavy atom. The number of hydrogen-bond acceptors (Lipinski definition) is 5. The third-order valence-corrected chi connectivity index (χ3v) is 3.61. The summed E-state index contributed by atoms with van der Waals surface area (Å²) in [6.07, 6.45) is 1.51. The van der Waals surface area contributed by atoms with E-state index in [4.69, 9.17) is 4.74 Å². The van der Waals surface area contributed by atoms with Crippen molar-refractivity contribution in [2.24, 2.45) is 0 Å². The van der Waals surface area contributed by atoms with Gasteiger partial charge >= 0.3 is 0 Å². The SMILES string of the molecule is Cc1ccc(OCC(=O)Nc2cccc(Nc3cc(C)ncn3)c2)cc1. The molecule has 3 aromatic rings. The summed E-state index contributed by atoms with van der Waals surface area (Å²) in [5, 5.41) is 6.01. The lowest BCUT2D eigenvalue weighted by molar-refractivity contribution is -0.118. The molecule has 0 fully saturated rings. The van der Waals surface area contributed by atoms with E-state index in [-0.39, 0.29) is 12.5 Å². The van der Waals surface area contributed by atoms with Crippen LogP contribution in [0.25, 0.3) is 0 Å². The molecular formula is C20H20N4O2. The van der Waals surface area contributed by atoms with Crippen LogP contribution >= 0.6 is 0 Å². The fourth-order valence-electron chi connectivity index (χ4n) is 2.33. The van der Waals surface area contributed by atoms with Crippen molar-refractivity contribution in [1.29, 1.82) is 0 Å². The van der Waals surface area contributed by atoms with E-state index in [1.54, 1.807) is 0 Å². The van der Waals surface area contributed by atoms with Crippen molar-refractivity contribution in [3.63, 3.8) is 0 Å². The highest BCUT2D eigenvalue weighted by atomic mass is 16.5. The average Bonchev–Trinajstić information content (AvgIpc) is 2.62. The summed E-state index contributed by atoms with van der Waals surface area (Å²) in [5.41, 5.74) is 3.52. The maximum Gasteiger partial charge on any atom is 0.262 e. The minimum absolute atomic E-state index is 0.0498. The lowest BCUT2D eigenvalue weighted by atomic mass is 10.2. The van der Waals surface area contributed by atoms with Crippen LogP contribution in [-0.4, -0.2) is 22.5 Å². The first kappa shape index (κ1) is 17.4. The van der Waals surface area contributed by atoms with E-state index in [9.17, 15) is 4.79 Å². The number of aromatic nitrogens is 2. The first-order chi connectivity index (χ1) is 12.6. The summed E-state index contributed by atoms with van der Waals surface area (Å²) < 4.78 is 5.49. The third kappa shape index (κ3) is 5.04. The van der Waals surface area contributed by atoms with E-state index >= 15 is 0 Å². The number of amides is 1. The standard InChI is InChI=1S/C20H20N4O2/c1-14-6-8-18(9-7-14)26-12-20(25)24-17-5-3-4-16(11-17)23-19-10-15(2)21-13-22-19/h3-11,13H,12H2,1-2H3,(H,24,25)(H,21,22,23). The van der Waals surface area contributed by atoms with Gasteiger partial charge in [0.2, 0.25) is 0 Å². The van der Waals surface area contributed by atoms with E-state index in [2.05, 4.69) is 20.6 Å². The summed E-state index contributed by atoms with van der Waals surface area (Å²) in [4.78, 5) is 20.3. The highest BCUT2D eigenvalue weighted by Gasteiger charge is 2.05. The van der Waals surface area contributed by atoms with Gasteiger partial charge < -0.3 is 15.4 Å². The molecule has 2 aromatic carbocycles. The molecule has 3 rings (SSSR count). The molecule has 1 aromatic heterocycles. The predicted molar refractivity (Wildman–Crippen MR) is 102 cm³/mol. The number of benzene rings is 2. The van der Waals surface area contributed by atoms with Gasteiger partial charge in [-0.2, -0.15) is 0 Å². The van der Waals surface area contributed by atoms with E-state index in [1.807, 2.05) is 68.4 Å². The average molecular weight is 348 g/mol. The number of rotatable bonds is 6. The van der Waals surface area contributed by atoms with Crippen LogP contribution in [0.2, 0.25) is 0 Å². The molecular weight excluding hydrogens is 328 g/mol. The summed E-state index contributed by atoms with van der Waals surface area (Å²) in [5.74, 6) is 1.14. The molecule has 0 saturated heterocycles. The monoisotopic (exact) mass is 348 g/mol. The second-order valence-corrected chi connectivity index (χ2v) is 5.90. The zero-order valence-electron chi connectivity index (χ0n) is 14.7. The first-order valence-electron chi connectivity index (χ1n) is 8.23. The number of carbonyl (C=O) groups excluding carboxylic acids is 1. The van der Waals surface area contributed by atoms with Crippen LogP contribution in [-0.2, 0) is 4.79 Å². The van der Waals surface area contributed by atoms with E-state index < -0.39 is 0 Å². The Bertz CT molecular complexity index is 894. The van der Waals surface area contributed by atoms with Crippen LogP contribution in [0.5, 0.6) is 5.75 Å². The number of carbonyl (C=O) groups is 1. The van der Waals surface area contributed by atoms with Gasteiger partial charge in [0.1, 0.15) is 17.9 Å². The van der Waals surface area contributed by atoms with Gasteiger partial charge in [0.05, 0.1) is 0 Å². The normalized spacial score (nSPS) is 10.2. The van der Waals surface area contributed by atoms with Crippen molar-refractivity contribution in [3.8, 4) is 5.75 Å². The Hall–Kier alpha value is -3.41. The fraction of sp³-hybridized carbons (Fsp3) is 0.150. The van der Waals surface area contributed by atoms with Gasteiger partial charge in [-0.1, -0.05) is 23.8 Å². The number of nitrogens with one attached hydrogen (secondary N) is 2. The summed E-state index contributed by atoms with van der Waals surface area (Å²) >= 11 is 0. The number of hydrogen-bond donors (Lipinski definition) is 2. The molecule has 1 amide bonds. The largest absolute Gasteiger partial charge is 0.484 e. The smallest absolute Gasteiger partial charge is 0.262 e. The zero-order valence-corrected chi connectivity index (χ0v) is 14.7. The van der Waals surface area contributed by atoms with Crippen LogP contribution in [0, 0.1) is 13.8 Å². The molecule has 26 heavy (non-hydrogen) atoms. The molecule has 0 spiro atoms. The molecule has 132 valence electrons. The highest BCUT2D eigenvalue weighted by Crippen LogP contribution is 2.19. The van der Waals surface area contributed by atoms with Gasteiger partial charge in [-0.15, -0.1) is 0 Å². The second-order valence-electron chi connectivity index (χ2n) is 5.90.